The molecule has 0 spiro atoms. The number of fused-ring (bicyclic) bond motifs is 9. The summed E-state index contributed by atoms with van der Waals surface area (Å²) in [5.41, 5.74) is 3.26. The number of thioether (sulfide) groups is 1. The molecule has 8 rings (SSSR count). The van der Waals surface area contributed by atoms with Crippen molar-refractivity contribution in [1.29, 1.82) is 0 Å². The maximum atomic E-state index is 13.9. The number of thiazole rings is 1. The third-order valence-corrected chi connectivity index (χ3v) is 12.2. The highest BCUT2D eigenvalue weighted by molar-refractivity contribution is 8.00. The number of imide groups is 1. The van der Waals surface area contributed by atoms with E-state index in [2.05, 4.69) is 10.3 Å². The zero-order valence-electron chi connectivity index (χ0n) is 23.8. The Balaban J connectivity index is 1.13. The van der Waals surface area contributed by atoms with Crippen LogP contribution in [-0.2, 0) is 14.4 Å². The summed E-state index contributed by atoms with van der Waals surface area (Å²) in [6, 6.07) is 24.5. The van der Waals surface area contributed by atoms with E-state index in [1.54, 1.807) is 11.8 Å². The fourth-order valence-corrected chi connectivity index (χ4v) is 11.0. The van der Waals surface area contributed by atoms with Crippen molar-refractivity contribution in [2.75, 3.05) is 16.8 Å². The predicted octanol–water partition coefficient (Wildman–Crippen LogP) is 5.44. The number of amides is 3. The van der Waals surface area contributed by atoms with Crippen molar-refractivity contribution in [2.45, 2.75) is 29.5 Å². The number of H-pyrrole nitrogens is 1. The number of aromatic amines is 1. The number of nitrogens with zero attached hydrogens (tertiary/aromatic N) is 1. The van der Waals surface area contributed by atoms with Crippen LogP contribution in [0.3, 0.4) is 0 Å². The Morgan fingerprint density at radius 1 is 0.955 bits per heavy atom. The minimum Gasteiger partial charge on any atom is -0.483 e. The lowest BCUT2D eigenvalue weighted by Gasteiger charge is -2.43. The summed E-state index contributed by atoms with van der Waals surface area (Å²) in [6.07, 6.45) is 0.801. The summed E-state index contributed by atoms with van der Waals surface area (Å²) in [7, 11) is 0. The van der Waals surface area contributed by atoms with Gasteiger partial charge in [0.2, 0.25) is 11.8 Å². The molecule has 10 heteroatoms. The van der Waals surface area contributed by atoms with Gasteiger partial charge in [0.25, 0.3) is 5.91 Å². The van der Waals surface area contributed by atoms with E-state index in [0.29, 0.717) is 17.1 Å². The molecule has 8 nitrogen and oxygen atoms in total. The number of ether oxygens (including phenoxy) is 1. The van der Waals surface area contributed by atoms with E-state index < -0.39 is 0 Å². The van der Waals surface area contributed by atoms with Crippen molar-refractivity contribution >= 4 is 52.2 Å². The lowest BCUT2D eigenvalue weighted by Crippen LogP contribution is -2.42. The standard InChI is InChI=1S/C34H29N3O5S2/c1-17-8-7-9-18(14-17)35-24(38)16-42-23-13-6-5-12-20(23)25-26-21-15-22(29(26)43-31-30(25)44-34(41)36-31)28-27(21)32(39)37(33(28)40)19-10-3-2-4-11-19/h2-14,21-22,25-29H,15-16H2,1H3,(H,35,38)(H,36,41)/t21-,22-,25-,26?,27?,28?,29?/m1/s1. The van der Waals surface area contributed by atoms with Gasteiger partial charge in [0.1, 0.15) is 5.75 Å². The highest BCUT2D eigenvalue weighted by Crippen LogP contribution is 2.69. The van der Waals surface area contributed by atoms with E-state index in [9.17, 15) is 19.2 Å². The van der Waals surface area contributed by atoms with Crippen LogP contribution in [0.15, 0.2) is 88.7 Å². The molecule has 2 bridgehead atoms. The second kappa shape index (κ2) is 10.5. The summed E-state index contributed by atoms with van der Waals surface area (Å²) >= 11 is 2.85. The molecule has 3 amide bonds. The van der Waals surface area contributed by atoms with Gasteiger partial charge in [-0.1, -0.05) is 59.9 Å². The number of carbonyl (C=O) groups is 3. The molecule has 4 aliphatic rings. The molecule has 1 aromatic heterocycles. The molecule has 44 heavy (non-hydrogen) atoms. The number of nitrogens with one attached hydrogen (secondary N) is 2. The number of benzene rings is 3. The topological polar surface area (TPSA) is 109 Å². The van der Waals surface area contributed by atoms with Crippen molar-refractivity contribution in [1.82, 2.24) is 4.98 Å². The molecule has 1 saturated heterocycles. The lowest BCUT2D eigenvalue weighted by atomic mass is 9.68. The van der Waals surface area contributed by atoms with E-state index >= 15 is 0 Å². The summed E-state index contributed by atoms with van der Waals surface area (Å²) in [5.74, 6) is -0.828. The van der Waals surface area contributed by atoms with E-state index in [0.717, 1.165) is 27.5 Å². The van der Waals surface area contributed by atoms with Crippen molar-refractivity contribution in [3.63, 3.8) is 0 Å². The zero-order chi connectivity index (χ0) is 30.1. The maximum Gasteiger partial charge on any atom is 0.305 e. The molecular weight excluding hydrogens is 595 g/mol. The van der Waals surface area contributed by atoms with Gasteiger partial charge in [0.15, 0.2) is 6.61 Å². The first-order valence-corrected chi connectivity index (χ1v) is 16.5. The summed E-state index contributed by atoms with van der Waals surface area (Å²) in [6.45, 7) is 1.79. The Hall–Kier alpha value is -4.15. The molecule has 4 unspecified atom stereocenters. The van der Waals surface area contributed by atoms with Crippen molar-refractivity contribution in [2.24, 2.45) is 29.6 Å². The Morgan fingerprint density at radius 3 is 2.50 bits per heavy atom. The van der Waals surface area contributed by atoms with E-state index in [-0.39, 0.29) is 70.0 Å². The van der Waals surface area contributed by atoms with Gasteiger partial charge < -0.3 is 15.0 Å². The van der Waals surface area contributed by atoms with Gasteiger partial charge in [-0.05, 0) is 67.0 Å². The first-order chi connectivity index (χ1) is 21.4. The third kappa shape index (κ3) is 4.26. The van der Waals surface area contributed by atoms with Crippen LogP contribution in [0.2, 0.25) is 0 Å². The molecule has 0 radical (unpaired) electrons. The Labute approximate surface area is 261 Å². The zero-order valence-corrected chi connectivity index (χ0v) is 25.4. The first-order valence-electron chi connectivity index (χ1n) is 14.8. The minimum absolute atomic E-state index is 0.0133. The van der Waals surface area contributed by atoms with Gasteiger partial charge in [0.05, 0.1) is 22.5 Å². The molecule has 3 heterocycles. The number of carbonyl (C=O) groups excluding carboxylic acids is 3. The number of anilines is 2. The Morgan fingerprint density at radius 2 is 1.70 bits per heavy atom. The van der Waals surface area contributed by atoms with E-state index in [1.165, 1.54) is 16.2 Å². The first kappa shape index (κ1) is 27.4. The van der Waals surface area contributed by atoms with E-state index in [1.807, 2.05) is 85.8 Å². The highest BCUT2D eigenvalue weighted by atomic mass is 32.2. The monoisotopic (exact) mass is 623 g/mol. The molecule has 2 N–H and O–H groups in total. The summed E-state index contributed by atoms with van der Waals surface area (Å²) in [5, 5.41) is 3.79. The lowest BCUT2D eigenvalue weighted by molar-refractivity contribution is -0.123. The fraction of sp³-hybridized carbons (Fsp3) is 0.294. The van der Waals surface area contributed by atoms with Gasteiger partial charge in [-0.25, -0.2) is 0 Å². The number of aromatic nitrogens is 1. The molecule has 2 saturated carbocycles. The quantitative estimate of drug-likeness (QED) is 0.277. The van der Waals surface area contributed by atoms with Crippen LogP contribution in [0.25, 0.3) is 0 Å². The van der Waals surface area contributed by atoms with Crippen molar-refractivity contribution in [3.8, 4) is 5.75 Å². The van der Waals surface area contributed by atoms with Crippen LogP contribution in [0.5, 0.6) is 5.75 Å². The largest absolute Gasteiger partial charge is 0.483 e. The molecular formula is C34H29N3O5S2. The second-order valence-electron chi connectivity index (χ2n) is 12.1. The predicted molar refractivity (Wildman–Crippen MR) is 169 cm³/mol. The van der Waals surface area contributed by atoms with Crippen LogP contribution in [0.1, 0.15) is 28.3 Å². The number of para-hydroxylation sites is 2. The molecule has 3 aromatic carbocycles. The minimum atomic E-state index is -0.387. The Kier molecular flexibility index (Phi) is 6.53. The van der Waals surface area contributed by atoms with Gasteiger partial charge >= 0.3 is 4.87 Å². The molecule has 2 aliphatic heterocycles. The van der Waals surface area contributed by atoms with Gasteiger partial charge in [0, 0.05) is 27.3 Å². The SMILES string of the molecule is Cc1cccc(NC(=O)COc2ccccc2[C@H]2c3sc(=O)[nH]c3SC3C2[C@H]2C[C@@H]3C3C(=O)N(c4ccccc4)C(=O)C32)c1. The number of aryl methyl sites for hydroxylation is 1. The van der Waals surface area contributed by atoms with Crippen LogP contribution in [-0.4, -0.2) is 34.6 Å². The summed E-state index contributed by atoms with van der Waals surface area (Å²) < 4.78 is 6.17. The number of rotatable bonds is 6. The maximum absolute atomic E-state index is 13.9. The highest BCUT2D eigenvalue weighted by Gasteiger charge is 2.69. The van der Waals surface area contributed by atoms with Crippen LogP contribution in [0, 0.1) is 36.5 Å². The third-order valence-electron chi connectivity index (χ3n) is 9.65. The van der Waals surface area contributed by atoms with Crippen LogP contribution >= 0.6 is 23.1 Å². The fourth-order valence-electron chi connectivity index (χ4n) is 8.13. The summed E-state index contributed by atoms with van der Waals surface area (Å²) in [4.78, 5) is 58.5. The normalized spacial score (nSPS) is 28.0. The van der Waals surface area contributed by atoms with Gasteiger partial charge in [-0.15, -0.1) is 11.8 Å². The molecule has 2 aliphatic carbocycles. The van der Waals surface area contributed by atoms with Gasteiger partial charge in [-0.3, -0.25) is 24.1 Å². The van der Waals surface area contributed by atoms with Crippen LogP contribution < -0.4 is 19.8 Å². The van der Waals surface area contributed by atoms with Crippen LogP contribution in [0.4, 0.5) is 11.4 Å². The average molecular weight is 624 g/mol. The van der Waals surface area contributed by atoms with E-state index in [4.69, 9.17) is 4.74 Å². The molecule has 3 fully saturated rings. The Bertz CT molecular complexity index is 1870. The number of hydrogen-bond acceptors (Lipinski definition) is 7. The van der Waals surface area contributed by atoms with Crippen molar-refractivity contribution in [3.05, 3.63) is 105 Å². The smallest absolute Gasteiger partial charge is 0.305 e. The molecule has 7 atom stereocenters. The molecule has 222 valence electrons. The van der Waals surface area contributed by atoms with Crippen molar-refractivity contribution < 1.29 is 19.1 Å². The second-order valence-corrected chi connectivity index (χ2v) is 14.3. The van der Waals surface area contributed by atoms with Gasteiger partial charge in [-0.2, -0.15) is 0 Å². The number of hydrogen-bond donors (Lipinski definition) is 2. The average Bonchev–Trinajstić information content (AvgIpc) is 3.75. The molecule has 4 aromatic rings.